The zero-order valence-electron chi connectivity index (χ0n) is 11.8. The number of nitrogens with zero attached hydrogens (tertiary/aromatic N) is 5. The van der Waals surface area contributed by atoms with Gasteiger partial charge in [0, 0.05) is 31.5 Å². The van der Waals surface area contributed by atoms with Crippen molar-refractivity contribution in [1.29, 1.82) is 0 Å². The Morgan fingerprint density at radius 1 is 1.50 bits per heavy atom. The molecule has 8 nitrogen and oxygen atoms in total. The van der Waals surface area contributed by atoms with Crippen LogP contribution in [-0.4, -0.2) is 30.8 Å². The second-order valence-corrected chi connectivity index (χ2v) is 4.81. The van der Waals surface area contributed by atoms with Gasteiger partial charge in [0.15, 0.2) is 0 Å². The summed E-state index contributed by atoms with van der Waals surface area (Å²) >= 11 is 0. The third-order valence-corrected chi connectivity index (χ3v) is 2.95. The van der Waals surface area contributed by atoms with Gasteiger partial charge >= 0.3 is 5.69 Å². The summed E-state index contributed by atoms with van der Waals surface area (Å²) in [5.74, 6) is 0.461. The first kappa shape index (κ1) is 14.0. The fourth-order valence-electron chi connectivity index (χ4n) is 2.02. The lowest BCUT2D eigenvalue weighted by atomic mass is 10.3. The normalized spacial score (nSPS) is 11.0. The van der Waals surface area contributed by atoms with Gasteiger partial charge in [0.1, 0.15) is 5.69 Å². The second-order valence-electron chi connectivity index (χ2n) is 4.81. The highest BCUT2D eigenvalue weighted by molar-refractivity contribution is 5.59. The van der Waals surface area contributed by atoms with Gasteiger partial charge in [-0.25, -0.2) is 9.67 Å². The minimum absolute atomic E-state index is 0.0457. The van der Waals surface area contributed by atoms with Gasteiger partial charge in [-0.2, -0.15) is 5.10 Å². The molecule has 2 rings (SSSR count). The molecule has 2 aromatic rings. The van der Waals surface area contributed by atoms with E-state index in [4.69, 9.17) is 0 Å². The monoisotopic (exact) mass is 278 g/mol. The molecule has 0 aliphatic heterocycles. The van der Waals surface area contributed by atoms with Crippen LogP contribution in [0.25, 0.3) is 0 Å². The van der Waals surface area contributed by atoms with E-state index in [0.29, 0.717) is 24.6 Å². The third-order valence-electron chi connectivity index (χ3n) is 2.95. The molecule has 8 heteroatoms. The van der Waals surface area contributed by atoms with E-state index in [1.165, 1.54) is 0 Å². The molecule has 0 amide bonds. The van der Waals surface area contributed by atoms with Gasteiger partial charge in [0.25, 0.3) is 0 Å². The van der Waals surface area contributed by atoms with Crippen molar-refractivity contribution in [2.75, 3.05) is 11.9 Å². The molecule has 2 heterocycles. The van der Waals surface area contributed by atoms with Crippen molar-refractivity contribution in [2.24, 2.45) is 0 Å². The summed E-state index contributed by atoms with van der Waals surface area (Å²) in [6.07, 6.45) is 5.26. The summed E-state index contributed by atoms with van der Waals surface area (Å²) in [5, 5.41) is 18.5. The number of aryl methyl sites for hydroxylation is 1. The molecular formula is C12H18N6O2. The lowest BCUT2D eigenvalue weighted by Gasteiger charge is -2.12. The Labute approximate surface area is 116 Å². The minimum Gasteiger partial charge on any atom is -0.363 e. The lowest BCUT2D eigenvalue weighted by molar-refractivity contribution is -0.384. The van der Waals surface area contributed by atoms with Crippen LogP contribution in [0.4, 0.5) is 11.5 Å². The zero-order valence-corrected chi connectivity index (χ0v) is 11.8. The molecule has 0 spiro atoms. The Hall–Kier alpha value is -2.38. The average molecular weight is 278 g/mol. The summed E-state index contributed by atoms with van der Waals surface area (Å²) in [6.45, 7) is 6.78. The SMILES string of the molecule is Cc1nn(C(C)C)c(NCCn2ccnc2)c1[N+](=O)[O-]. The predicted octanol–water partition coefficient (Wildman–Crippen LogP) is 1.99. The summed E-state index contributed by atoms with van der Waals surface area (Å²) in [5.41, 5.74) is 0.471. The van der Waals surface area contributed by atoms with Gasteiger partial charge in [-0.15, -0.1) is 0 Å². The molecule has 0 unspecified atom stereocenters. The van der Waals surface area contributed by atoms with Crippen LogP contribution in [0.5, 0.6) is 0 Å². The molecule has 20 heavy (non-hydrogen) atoms. The molecule has 0 aliphatic carbocycles. The molecule has 0 aromatic carbocycles. The first-order valence-electron chi connectivity index (χ1n) is 6.43. The van der Waals surface area contributed by atoms with E-state index in [-0.39, 0.29) is 16.7 Å². The Balaban J connectivity index is 2.18. The number of imidazole rings is 1. The molecule has 0 bridgehead atoms. The Morgan fingerprint density at radius 3 is 2.80 bits per heavy atom. The van der Waals surface area contributed by atoms with Crippen LogP contribution >= 0.6 is 0 Å². The maximum Gasteiger partial charge on any atom is 0.333 e. The summed E-state index contributed by atoms with van der Waals surface area (Å²) < 4.78 is 3.56. The maximum absolute atomic E-state index is 11.2. The Kier molecular flexibility index (Phi) is 4.02. The van der Waals surface area contributed by atoms with E-state index < -0.39 is 0 Å². The lowest BCUT2D eigenvalue weighted by Crippen LogP contribution is -2.15. The van der Waals surface area contributed by atoms with E-state index >= 15 is 0 Å². The molecule has 0 aliphatic rings. The molecule has 0 radical (unpaired) electrons. The van der Waals surface area contributed by atoms with Crippen molar-refractivity contribution in [3.05, 3.63) is 34.5 Å². The zero-order chi connectivity index (χ0) is 14.7. The topological polar surface area (TPSA) is 90.8 Å². The van der Waals surface area contributed by atoms with Crippen LogP contribution in [0, 0.1) is 17.0 Å². The fraction of sp³-hybridized carbons (Fsp3) is 0.500. The van der Waals surface area contributed by atoms with Crippen LogP contribution in [0.3, 0.4) is 0 Å². The number of nitrogens with one attached hydrogen (secondary N) is 1. The molecule has 2 aromatic heterocycles. The second kappa shape index (κ2) is 5.72. The van der Waals surface area contributed by atoms with Gasteiger partial charge in [0.05, 0.1) is 11.3 Å². The summed E-state index contributed by atoms with van der Waals surface area (Å²) in [6, 6.07) is 0.0538. The van der Waals surface area contributed by atoms with Gasteiger partial charge in [-0.1, -0.05) is 0 Å². The molecular weight excluding hydrogens is 260 g/mol. The quantitative estimate of drug-likeness (QED) is 0.644. The summed E-state index contributed by atoms with van der Waals surface area (Å²) in [4.78, 5) is 14.7. The number of rotatable bonds is 6. The number of hydrogen-bond donors (Lipinski definition) is 1. The van der Waals surface area contributed by atoms with Crippen LogP contribution in [0.2, 0.25) is 0 Å². The molecule has 0 atom stereocenters. The van der Waals surface area contributed by atoms with E-state index in [0.717, 1.165) is 0 Å². The minimum atomic E-state index is -0.388. The van der Waals surface area contributed by atoms with Crippen molar-refractivity contribution in [3.63, 3.8) is 0 Å². The van der Waals surface area contributed by atoms with Crippen molar-refractivity contribution >= 4 is 11.5 Å². The Bertz CT molecular complexity index is 587. The average Bonchev–Trinajstić information content (AvgIpc) is 2.97. The largest absolute Gasteiger partial charge is 0.363 e. The van der Waals surface area contributed by atoms with Gasteiger partial charge < -0.3 is 9.88 Å². The highest BCUT2D eigenvalue weighted by Crippen LogP contribution is 2.30. The third kappa shape index (κ3) is 2.79. The highest BCUT2D eigenvalue weighted by atomic mass is 16.6. The molecule has 108 valence electrons. The first-order chi connectivity index (χ1) is 9.50. The van der Waals surface area contributed by atoms with Gasteiger partial charge in [0.2, 0.25) is 5.82 Å². The van der Waals surface area contributed by atoms with E-state index in [9.17, 15) is 10.1 Å². The van der Waals surface area contributed by atoms with Gasteiger partial charge in [-0.05, 0) is 20.8 Å². The maximum atomic E-state index is 11.2. The predicted molar refractivity (Wildman–Crippen MR) is 74.7 cm³/mol. The van der Waals surface area contributed by atoms with E-state index in [1.54, 1.807) is 24.1 Å². The van der Waals surface area contributed by atoms with Gasteiger partial charge in [-0.3, -0.25) is 10.1 Å². The van der Waals surface area contributed by atoms with Crippen LogP contribution in [0.15, 0.2) is 18.7 Å². The van der Waals surface area contributed by atoms with Crippen molar-refractivity contribution in [1.82, 2.24) is 19.3 Å². The first-order valence-corrected chi connectivity index (χ1v) is 6.43. The van der Waals surface area contributed by atoms with Crippen LogP contribution < -0.4 is 5.32 Å². The molecule has 1 N–H and O–H groups in total. The number of hydrogen-bond acceptors (Lipinski definition) is 5. The highest BCUT2D eigenvalue weighted by Gasteiger charge is 2.26. The number of aromatic nitrogens is 4. The number of anilines is 1. The smallest absolute Gasteiger partial charge is 0.333 e. The molecule has 0 saturated carbocycles. The van der Waals surface area contributed by atoms with Crippen molar-refractivity contribution in [3.8, 4) is 0 Å². The standard InChI is InChI=1S/C12H18N6O2/c1-9(2)17-12(11(18(19)20)10(3)15-17)14-5-7-16-6-4-13-8-16/h4,6,8-9,14H,5,7H2,1-3H3. The van der Waals surface area contributed by atoms with E-state index in [1.807, 2.05) is 24.6 Å². The van der Waals surface area contributed by atoms with E-state index in [2.05, 4.69) is 15.4 Å². The fourth-order valence-corrected chi connectivity index (χ4v) is 2.02. The van der Waals surface area contributed by atoms with Crippen LogP contribution in [0.1, 0.15) is 25.6 Å². The molecule has 0 fully saturated rings. The molecule has 0 saturated heterocycles. The summed E-state index contributed by atoms with van der Waals surface area (Å²) in [7, 11) is 0. The van der Waals surface area contributed by atoms with Crippen molar-refractivity contribution < 1.29 is 4.92 Å². The number of nitro groups is 1. The van der Waals surface area contributed by atoms with Crippen LogP contribution in [-0.2, 0) is 6.54 Å². The Morgan fingerprint density at radius 2 is 2.25 bits per heavy atom. The van der Waals surface area contributed by atoms with Crippen molar-refractivity contribution in [2.45, 2.75) is 33.4 Å².